The molecule has 0 aliphatic carbocycles. The normalized spacial score (nSPS) is 12.6. The topological polar surface area (TPSA) is 9.23 Å². The van der Waals surface area contributed by atoms with Crippen molar-refractivity contribution in [2.75, 3.05) is 0 Å². The maximum absolute atomic E-state index is 6.02. The second-order valence-corrected chi connectivity index (χ2v) is 4.16. The third kappa shape index (κ3) is 9.96. The summed E-state index contributed by atoms with van der Waals surface area (Å²) in [5.74, 6) is 1.04. The summed E-state index contributed by atoms with van der Waals surface area (Å²) in [5, 5.41) is 0. The summed E-state index contributed by atoms with van der Waals surface area (Å²) in [6.45, 7) is 12.0. The molecule has 1 heterocycles. The van der Waals surface area contributed by atoms with Gasteiger partial charge < -0.3 is 4.74 Å². The van der Waals surface area contributed by atoms with E-state index in [0.29, 0.717) is 0 Å². The lowest BCUT2D eigenvalue weighted by molar-refractivity contribution is 0.176. The van der Waals surface area contributed by atoms with Gasteiger partial charge >= 0.3 is 0 Å². The number of fused-ring (bicyclic) bond motifs is 1. The van der Waals surface area contributed by atoms with Gasteiger partial charge in [-0.1, -0.05) is 112 Å². The molecule has 1 aliphatic heterocycles. The van der Waals surface area contributed by atoms with Crippen molar-refractivity contribution in [3.8, 4) is 5.75 Å². The molecule has 2 aromatic rings. The minimum absolute atomic E-state index is 0. The first-order valence-corrected chi connectivity index (χ1v) is 8.73. The van der Waals surface area contributed by atoms with Gasteiger partial charge in [0, 0.05) is 0 Å². The molecule has 0 fully saturated rings. The van der Waals surface area contributed by atoms with E-state index in [9.17, 15) is 0 Å². The van der Waals surface area contributed by atoms with Crippen LogP contribution in [-0.2, 0) is 6.42 Å². The number of ether oxygens (including phenoxy) is 1. The molecule has 0 N–H and O–H groups in total. The van der Waals surface area contributed by atoms with Crippen molar-refractivity contribution in [3.05, 3.63) is 65.7 Å². The molecule has 0 amide bonds. The summed E-state index contributed by atoms with van der Waals surface area (Å²) < 4.78 is 6.02. The molecule has 3 rings (SSSR count). The monoisotopic (exact) mass is 348 g/mol. The van der Waals surface area contributed by atoms with Crippen LogP contribution in [0, 0.1) is 0 Å². The number of benzene rings is 2. The van der Waals surface area contributed by atoms with Crippen LogP contribution in [0.25, 0.3) is 0 Å². The lowest BCUT2D eigenvalue weighted by atomic mass is 9.98. The Bertz CT molecular complexity index is 476. The fourth-order valence-electron chi connectivity index (χ4n) is 2.23. The molecule has 146 valence electrons. The highest BCUT2D eigenvalue weighted by Crippen LogP contribution is 2.34. The SMILES string of the molecule is C.C.C.CC.CC.CC.c1ccc([C@@H]2CCc3ccccc3O2)cc1. The van der Waals surface area contributed by atoms with Crippen LogP contribution in [0.15, 0.2) is 54.6 Å². The standard InChI is InChI=1S/C15H14O.3C2H6.3CH4/c1-2-6-12(7-3-1)15-11-10-13-8-4-5-9-14(13)16-15;3*1-2;;;/h1-9,15H,10-11H2;3*1-2H3;3*1H4/t15-;;;;;;/m0....../s1. The molecule has 1 atom stereocenters. The van der Waals surface area contributed by atoms with Crippen molar-refractivity contribution in [2.24, 2.45) is 0 Å². The van der Waals surface area contributed by atoms with E-state index >= 15 is 0 Å². The zero-order valence-corrected chi connectivity index (χ0v) is 15.1. The molecule has 1 heteroatoms. The van der Waals surface area contributed by atoms with Crippen LogP contribution < -0.4 is 4.74 Å². The zero-order chi connectivity index (χ0) is 16.8. The van der Waals surface area contributed by atoms with Gasteiger partial charge in [-0.3, -0.25) is 0 Å². The Kier molecular flexibility index (Phi) is 25.2. The molecule has 0 unspecified atom stereocenters. The number of aryl methyl sites for hydroxylation is 1. The zero-order valence-electron chi connectivity index (χ0n) is 15.1. The summed E-state index contributed by atoms with van der Waals surface area (Å²) in [6, 6.07) is 18.8. The van der Waals surface area contributed by atoms with E-state index in [4.69, 9.17) is 4.74 Å². The van der Waals surface area contributed by atoms with Crippen molar-refractivity contribution in [3.63, 3.8) is 0 Å². The molecule has 0 saturated carbocycles. The maximum atomic E-state index is 6.02. The molecular formula is C24H44O. The highest BCUT2D eigenvalue weighted by molar-refractivity contribution is 5.36. The van der Waals surface area contributed by atoms with Crippen LogP contribution in [0.5, 0.6) is 5.75 Å². The second kappa shape index (κ2) is 20.3. The van der Waals surface area contributed by atoms with Gasteiger partial charge in [-0.2, -0.15) is 0 Å². The molecule has 0 bridgehead atoms. The largest absolute Gasteiger partial charge is 0.485 e. The van der Waals surface area contributed by atoms with Gasteiger partial charge in [-0.05, 0) is 30.0 Å². The van der Waals surface area contributed by atoms with Gasteiger partial charge in [0.1, 0.15) is 11.9 Å². The van der Waals surface area contributed by atoms with Crippen molar-refractivity contribution in [1.29, 1.82) is 0 Å². The quantitative estimate of drug-likeness (QED) is 0.500. The van der Waals surface area contributed by atoms with Gasteiger partial charge in [0.25, 0.3) is 0 Å². The van der Waals surface area contributed by atoms with Gasteiger partial charge in [-0.15, -0.1) is 0 Å². The van der Waals surface area contributed by atoms with Gasteiger partial charge in [-0.25, -0.2) is 0 Å². The molecule has 0 radical (unpaired) electrons. The summed E-state index contributed by atoms with van der Waals surface area (Å²) in [6.07, 6.45) is 2.40. The van der Waals surface area contributed by atoms with E-state index in [1.165, 1.54) is 11.1 Å². The Balaban J connectivity index is -0.000000224. The summed E-state index contributed by atoms with van der Waals surface area (Å²) in [7, 11) is 0. The van der Waals surface area contributed by atoms with E-state index < -0.39 is 0 Å². The Hall–Kier alpha value is -1.76. The Morgan fingerprint density at radius 2 is 1.16 bits per heavy atom. The molecule has 25 heavy (non-hydrogen) atoms. The Morgan fingerprint density at radius 3 is 1.72 bits per heavy atom. The molecular weight excluding hydrogens is 304 g/mol. The summed E-state index contributed by atoms with van der Waals surface area (Å²) in [5.41, 5.74) is 2.60. The minimum Gasteiger partial charge on any atom is -0.485 e. The van der Waals surface area contributed by atoms with E-state index in [2.05, 4.69) is 42.5 Å². The molecule has 0 saturated heterocycles. The molecule has 0 spiro atoms. The molecule has 1 nitrogen and oxygen atoms in total. The van der Waals surface area contributed by atoms with E-state index in [1.54, 1.807) is 0 Å². The van der Waals surface area contributed by atoms with Gasteiger partial charge in [0.05, 0.1) is 0 Å². The lowest BCUT2D eigenvalue weighted by Gasteiger charge is -2.26. The first-order chi connectivity index (χ1) is 10.9. The van der Waals surface area contributed by atoms with Crippen LogP contribution in [-0.4, -0.2) is 0 Å². The van der Waals surface area contributed by atoms with Crippen molar-refractivity contribution < 1.29 is 4.74 Å². The van der Waals surface area contributed by atoms with Crippen LogP contribution in [0.1, 0.15) is 87.5 Å². The minimum atomic E-state index is 0. The Labute approximate surface area is 159 Å². The molecule has 2 aromatic carbocycles. The van der Waals surface area contributed by atoms with Crippen molar-refractivity contribution >= 4 is 0 Å². The maximum Gasteiger partial charge on any atom is 0.124 e. The summed E-state index contributed by atoms with van der Waals surface area (Å²) >= 11 is 0. The third-order valence-corrected chi connectivity index (χ3v) is 3.09. The lowest BCUT2D eigenvalue weighted by Crippen LogP contribution is -2.14. The van der Waals surface area contributed by atoms with Gasteiger partial charge in [0.2, 0.25) is 0 Å². The highest BCUT2D eigenvalue weighted by atomic mass is 16.5. The van der Waals surface area contributed by atoms with Crippen LogP contribution in [0.4, 0.5) is 0 Å². The van der Waals surface area contributed by atoms with Crippen molar-refractivity contribution in [1.82, 2.24) is 0 Å². The fourth-order valence-corrected chi connectivity index (χ4v) is 2.23. The first kappa shape index (κ1) is 31.1. The van der Waals surface area contributed by atoms with E-state index in [-0.39, 0.29) is 28.4 Å². The molecule has 0 aromatic heterocycles. The van der Waals surface area contributed by atoms with Crippen LogP contribution >= 0.6 is 0 Å². The number of rotatable bonds is 1. The van der Waals surface area contributed by atoms with Gasteiger partial charge in [0.15, 0.2) is 0 Å². The average Bonchev–Trinajstić information content (AvgIpc) is 2.67. The smallest absolute Gasteiger partial charge is 0.124 e. The fraction of sp³-hybridized carbons (Fsp3) is 0.500. The third-order valence-electron chi connectivity index (χ3n) is 3.09. The van der Waals surface area contributed by atoms with Crippen LogP contribution in [0.2, 0.25) is 0 Å². The first-order valence-electron chi connectivity index (χ1n) is 8.73. The number of hydrogen-bond acceptors (Lipinski definition) is 1. The van der Waals surface area contributed by atoms with Crippen LogP contribution in [0.3, 0.4) is 0 Å². The van der Waals surface area contributed by atoms with E-state index in [1.807, 2.05) is 53.7 Å². The van der Waals surface area contributed by atoms with Crippen molar-refractivity contribution in [2.45, 2.75) is 82.8 Å². The predicted octanol–water partition coefficient (Wildman–Crippen LogP) is 8.74. The number of hydrogen-bond donors (Lipinski definition) is 0. The second-order valence-electron chi connectivity index (χ2n) is 4.16. The highest BCUT2D eigenvalue weighted by Gasteiger charge is 2.20. The molecule has 1 aliphatic rings. The summed E-state index contributed by atoms with van der Waals surface area (Å²) in [4.78, 5) is 0. The average molecular weight is 349 g/mol. The Morgan fingerprint density at radius 1 is 0.680 bits per heavy atom. The predicted molar refractivity (Wildman–Crippen MR) is 119 cm³/mol. The number of para-hydroxylation sites is 1. The van der Waals surface area contributed by atoms with E-state index in [0.717, 1.165) is 18.6 Å².